The molecule has 0 aliphatic rings. The minimum absolute atomic E-state index is 0.179. The maximum Gasteiger partial charge on any atom is 0.119 e. The fourth-order valence-corrected chi connectivity index (χ4v) is 1.48. The highest BCUT2D eigenvalue weighted by atomic mass is 32.2. The van der Waals surface area contributed by atoms with Crippen LogP contribution in [0, 0.1) is 5.92 Å². The molecule has 16 heavy (non-hydrogen) atoms. The lowest BCUT2D eigenvalue weighted by Gasteiger charge is -2.27. The molecule has 0 aliphatic carbocycles. The van der Waals surface area contributed by atoms with Gasteiger partial charge in [0.2, 0.25) is 0 Å². The van der Waals surface area contributed by atoms with Gasteiger partial charge in [0, 0.05) is 4.90 Å². The molecule has 1 N–H and O–H groups in total. The van der Waals surface area contributed by atoms with E-state index in [2.05, 4.69) is 0 Å². The van der Waals surface area contributed by atoms with Crippen molar-refractivity contribution in [2.24, 2.45) is 5.92 Å². The average Bonchev–Trinajstić information content (AvgIpc) is 2.27. The quantitative estimate of drug-likeness (QED) is 0.801. The molecule has 1 unspecified atom stereocenters. The Labute approximate surface area is 102 Å². The highest BCUT2D eigenvalue weighted by Crippen LogP contribution is 2.21. The number of hydrogen-bond donors (Lipinski definition) is 1. The molecule has 2 nitrogen and oxygen atoms in total. The van der Waals surface area contributed by atoms with Crippen LogP contribution in [0.15, 0.2) is 29.2 Å². The summed E-state index contributed by atoms with van der Waals surface area (Å²) in [5.74, 6) is 0.983. The highest BCUT2D eigenvalue weighted by molar-refractivity contribution is 7.98. The molecular formula is C13H20O2S. The fraction of sp³-hybridized carbons (Fsp3) is 0.538. The predicted octanol–water partition coefficient (Wildman–Crippen LogP) is 3.19. The number of ether oxygens (including phenoxy) is 1. The van der Waals surface area contributed by atoms with Gasteiger partial charge in [-0.15, -0.1) is 11.8 Å². The summed E-state index contributed by atoms with van der Waals surface area (Å²) in [6, 6.07) is 7.90. The van der Waals surface area contributed by atoms with Crippen molar-refractivity contribution in [2.75, 3.05) is 12.9 Å². The van der Waals surface area contributed by atoms with Crippen LogP contribution >= 0.6 is 11.8 Å². The van der Waals surface area contributed by atoms with Crippen LogP contribution in [0.4, 0.5) is 0 Å². The minimum Gasteiger partial charge on any atom is -0.491 e. The number of hydrogen-bond acceptors (Lipinski definition) is 3. The lowest BCUT2D eigenvalue weighted by Crippen LogP contribution is -2.37. The summed E-state index contributed by atoms with van der Waals surface area (Å²) < 4.78 is 5.57. The molecule has 0 amide bonds. The number of rotatable bonds is 5. The van der Waals surface area contributed by atoms with Crippen molar-refractivity contribution in [2.45, 2.75) is 31.3 Å². The summed E-state index contributed by atoms with van der Waals surface area (Å²) in [7, 11) is 0. The van der Waals surface area contributed by atoms with Crippen LogP contribution in [0.2, 0.25) is 0 Å². The first-order valence-electron chi connectivity index (χ1n) is 5.45. The Hall–Kier alpha value is -0.670. The molecule has 0 saturated carbocycles. The van der Waals surface area contributed by atoms with Crippen molar-refractivity contribution in [3.63, 3.8) is 0 Å². The molecule has 0 radical (unpaired) electrons. The van der Waals surface area contributed by atoms with Gasteiger partial charge in [0.1, 0.15) is 12.4 Å². The van der Waals surface area contributed by atoms with Crippen LogP contribution in [0.1, 0.15) is 20.8 Å². The van der Waals surface area contributed by atoms with E-state index in [0.29, 0.717) is 6.61 Å². The zero-order chi connectivity index (χ0) is 12.2. The zero-order valence-electron chi connectivity index (χ0n) is 10.4. The molecule has 90 valence electrons. The van der Waals surface area contributed by atoms with Gasteiger partial charge >= 0.3 is 0 Å². The van der Waals surface area contributed by atoms with E-state index >= 15 is 0 Å². The van der Waals surface area contributed by atoms with Gasteiger partial charge in [-0.05, 0) is 43.4 Å². The third-order valence-corrected chi connectivity index (χ3v) is 3.58. The predicted molar refractivity (Wildman–Crippen MR) is 69.2 cm³/mol. The van der Waals surface area contributed by atoms with Gasteiger partial charge < -0.3 is 9.84 Å². The van der Waals surface area contributed by atoms with Gasteiger partial charge in [-0.25, -0.2) is 0 Å². The van der Waals surface area contributed by atoms with E-state index in [9.17, 15) is 5.11 Å². The Morgan fingerprint density at radius 2 is 1.88 bits per heavy atom. The largest absolute Gasteiger partial charge is 0.491 e. The van der Waals surface area contributed by atoms with Crippen molar-refractivity contribution in [1.29, 1.82) is 0 Å². The van der Waals surface area contributed by atoms with Crippen LogP contribution in [0.5, 0.6) is 5.75 Å². The Balaban J connectivity index is 2.54. The summed E-state index contributed by atoms with van der Waals surface area (Å²) in [5.41, 5.74) is -0.780. The molecule has 0 aliphatic heterocycles. The summed E-state index contributed by atoms with van der Waals surface area (Å²) in [4.78, 5) is 1.21. The minimum atomic E-state index is -0.780. The van der Waals surface area contributed by atoms with Gasteiger partial charge in [0.05, 0.1) is 5.60 Å². The fourth-order valence-electron chi connectivity index (χ4n) is 1.07. The molecule has 0 fully saturated rings. The van der Waals surface area contributed by atoms with E-state index in [1.165, 1.54) is 4.90 Å². The summed E-state index contributed by atoms with van der Waals surface area (Å²) in [6.45, 7) is 6.09. The molecule has 0 saturated heterocycles. The molecule has 1 aromatic carbocycles. The van der Waals surface area contributed by atoms with E-state index in [1.54, 1.807) is 18.7 Å². The lowest BCUT2D eigenvalue weighted by molar-refractivity contribution is -0.0266. The number of thioether (sulfide) groups is 1. The number of benzene rings is 1. The second kappa shape index (κ2) is 5.60. The molecule has 0 spiro atoms. The summed E-state index contributed by atoms with van der Waals surface area (Å²) in [6.07, 6.45) is 2.04. The van der Waals surface area contributed by atoms with Crippen molar-refractivity contribution in [1.82, 2.24) is 0 Å². The molecule has 0 aromatic heterocycles. The van der Waals surface area contributed by atoms with E-state index in [1.807, 2.05) is 44.4 Å². The maximum atomic E-state index is 10.0. The molecule has 1 rings (SSSR count). The van der Waals surface area contributed by atoms with Gasteiger partial charge in [-0.1, -0.05) is 13.8 Å². The second-order valence-electron chi connectivity index (χ2n) is 4.48. The zero-order valence-corrected chi connectivity index (χ0v) is 11.2. The summed E-state index contributed by atoms with van der Waals surface area (Å²) >= 11 is 1.70. The van der Waals surface area contributed by atoms with Crippen LogP contribution < -0.4 is 4.74 Å². The molecular weight excluding hydrogens is 220 g/mol. The Morgan fingerprint density at radius 3 is 2.31 bits per heavy atom. The average molecular weight is 240 g/mol. The van der Waals surface area contributed by atoms with E-state index in [4.69, 9.17) is 4.74 Å². The van der Waals surface area contributed by atoms with Crippen molar-refractivity contribution < 1.29 is 9.84 Å². The molecule has 1 atom stereocenters. The van der Waals surface area contributed by atoms with Gasteiger partial charge in [0.25, 0.3) is 0 Å². The van der Waals surface area contributed by atoms with E-state index in [0.717, 1.165) is 5.75 Å². The molecule has 0 heterocycles. The summed E-state index contributed by atoms with van der Waals surface area (Å²) in [5, 5.41) is 10.0. The lowest BCUT2D eigenvalue weighted by atomic mass is 9.94. The smallest absolute Gasteiger partial charge is 0.119 e. The number of aliphatic hydroxyl groups is 1. The standard InChI is InChI=1S/C13H20O2S/c1-10(2)13(3,14)9-15-11-5-7-12(16-4)8-6-11/h5-8,10,14H,9H2,1-4H3. The van der Waals surface area contributed by atoms with E-state index < -0.39 is 5.60 Å². The normalized spacial score (nSPS) is 14.9. The van der Waals surface area contributed by atoms with Crippen LogP contribution in [-0.4, -0.2) is 23.6 Å². The first-order chi connectivity index (χ1) is 7.45. The van der Waals surface area contributed by atoms with Crippen molar-refractivity contribution >= 4 is 11.8 Å². The van der Waals surface area contributed by atoms with Gasteiger partial charge in [-0.2, -0.15) is 0 Å². The highest BCUT2D eigenvalue weighted by Gasteiger charge is 2.25. The maximum absolute atomic E-state index is 10.0. The van der Waals surface area contributed by atoms with Gasteiger partial charge in [0.15, 0.2) is 0 Å². The van der Waals surface area contributed by atoms with E-state index in [-0.39, 0.29) is 5.92 Å². The topological polar surface area (TPSA) is 29.5 Å². The molecule has 3 heteroatoms. The van der Waals surface area contributed by atoms with Crippen LogP contribution in [0.3, 0.4) is 0 Å². The second-order valence-corrected chi connectivity index (χ2v) is 5.36. The SMILES string of the molecule is CSc1ccc(OCC(C)(O)C(C)C)cc1. The van der Waals surface area contributed by atoms with Crippen LogP contribution in [0.25, 0.3) is 0 Å². The molecule has 0 bridgehead atoms. The third-order valence-electron chi connectivity index (χ3n) is 2.83. The first-order valence-corrected chi connectivity index (χ1v) is 6.67. The first kappa shape index (κ1) is 13.4. The monoisotopic (exact) mass is 240 g/mol. The van der Waals surface area contributed by atoms with Crippen LogP contribution in [-0.2, 0) is 0 Å². The van der Waals surface area contributed by atoms with Crippen molar-refractivity contribution in [3.05, 3.63) is 24.3 Å². The Morgan fingerprint density at radius 1 is 1.31 bits per heavy atom. The van der Waals surface area contributed by atoms with Crippen molar-refractivity contribution in [3.8, 4) is 5.75 Å². The Kier molecular flexibility index (Phi) is 4.69. The third kappa shape index (κ3) is 3.72. The molecule has 1 aromatic rings. The van der Waals surface area contributed by atoms with Gasteiger partial charge in [-0.3, -0.25) is 0 Å². The Bertz CT molecular complexity index is 317.